The molecule has 1 aliphatic rings. The Balaban J connectivity index is 0.00000133. The predicted molar refractivity (Wildman–Crippen MR) is 71.9 cm³/mol. The van der Waals surface area contributed by atoms with Gasteiger partial charge in [-0.3, -0.25) is 0 Å². The van der Waals surface area contributed by atoms with Crippen molar-refractivity contribution in [3.63, 3.8) is 0 Å². The van der Waals surface area contributed by atoms with Crippen molar-refractivity contribution in [2.24, 2.45) is 0 Å². The van der Waals surface area contributed by atoms with Crippen LogP contribution < -0.4 is 5.32 Å². The fourth-order valence-corrected chi connectivity index (χ4v) is 2.12. The maximum Gasteiger partial charge on any atom is 0.231 e. The third-order valence-electron chi connectivity index (χ3n) is 3.28. The van der Waals surface area contributed by atoms with Crippen LogP contribution in [0, 0.1) is 12.7 Å². The smallest absolute Gasteiger partial charge is 0.231 e. The number of aromatic nitrogens is 2. The lowest BCUT2D eigenvalue weighted by Crippen LogP contribution is -2.08. The highest BCUT2D eigenvalue weighted by atomic mass is 35.5. The van der Waals surface area contributed by atoms with Gasteiger partial charge in [0.1, 0.15) is 5.82 Å². The number of nitrogens with one attached hydrogen (secondary N) is 1. The summed E-state index contributed by atoms with van der Waals surface area (Å²) >= 11 is 0. The van der Waals surface area contributed by atoms with E-state index in [9.17, 15) is 4.39 Å². The van der Waals surface area contributed by atoms with Gasteiger partial charge in [-0.25, -0.2) is 4.39 Å². The van der Waals surface area contributed by atoms with Crippen LogP contribution in [0.4, 0.5) is 4.39 Å². The first-order chi connectivity index (χ1) is 8.74. The van der Waals surface area contributed by atoms with Crippen molar-refractivity contribution in [3.05, 3.63) is 35.5 Å². The maximum absolute atomic E-state index is 13.5. The largest absolute Gasteiger partial charge is 0.339 e. The summed E-state index contributed by atoms with van der Waals surface area (Å²) in [4.78, 5) is 4.35. The van der Waals surface area contributed by atoms with Gasteiger partial charge >= 0.3 is 0 Å². The van der Waals surface area contributed by atoms with Crippen molar-refractivity contribution < 1.29 is 8.91 Å². The third kappa shape index (κ3) is 2.77. The normalized spacial score (nSPS) is 18.3. The van der Waals surface area contributed by atoms with Gasteiger partial charge < -0.3 is 9.84 Å². The molecule has 19 heavy (non-hydrogen) atoms. The van der Waals surface area contributed by atoms with E-state index in [2.05, 4.69) is 15.5 Å². The first kappa shape index (κ1) is 14.0. The van der Waals surface area contributed by atoms with Crippen molar-refractivity contribution in [1.29, 1.82) is 0 Å². The van der Waals surface area contributed by atoms with Gasteiger partial charge in [0.15, 0.2) is 0 Å². The Kier molecular flexibility index (Phi) is 4.17. The molecule has 1 aromatic carbocycles. The molecule has 0 aliphatic carbocycles. The SMILES string of the molecule is Cc1ccc(-c2noc([C@H]3CCNC3)n2)cc1F.Cl. The summed E-state index contributed by atoms with van der Waals surface area (Å²) in [5, 5.41) is 7.17. The Morgan fingerprint density at radius 1 is 1.42 bits per heavy atom. The number of halogens is 2. The quantitative estimate of drug-likeness (QED) is 0.921. The third-order valence-corrected chi connectivity index (χ3v) is 3.28. The van der Waals surface area contributed by atoms with Crippen LogP contribution >= 0.6 is 12.4 Å². The van der Waals surface area contributed by atoms with Gasteiger partial charge in [-0.15, -0.1) is 12.4 Å². The van der Waals surface area contributed by atoms with Crippen molar-refractivity contribution in [2.75, 3.05) is 13.1 Å². The topological polar surface area (TPSA) is 51.0 Å². The van der Waals surface area contributed by atoms with E-state index in [1.165, 1.54) is 6.07 Å². The molecule has 1 fully saturated rings. The van der Waals surface area contributed by atoms with Crippen molar-refractivity contribution in [2.45, 2.75) is 19.3 Å². The zero-order chi connectivity index (χ0) is 12.5. The van der Waals surface area contributed by atoms with Crippen LogP contribution in [0.2, 0.25) is 0 Å². The van der Waals surface area contributed by atoms with Gasteiger partial charge in [-0.1, -0.05) is 17.3 Å². The summed E-state index contributed by atoms with van der Waals surface area (Å²) in [7, 11) is 0. The van der Waals surface area contributed by atoms with Crippen LogP contribution in [-0.4, -0.2) is 23.2 Å². The molecular weight excluding hydrogens is 269 g/mol. The molecule has 1 aromatic heterocycles. The molecule has 0 bridgehead atoms. The van der Waals surface area contributed by atoms with Gasteiger partial charge in [0.2, 0.25) is 11.7 Å². The van der Waals surface area contributed by atoms with Gasteiger partial charge in [-0.2, -0.15) is 4.98 Å². The van der Waals surface area contributed by atoms with Crippen LogP contribution in [0.1, 0.15) is 23.8 Å². The Bertz CT molecular complexity index is 567. The molecular formula is C13H15ClFN3O. The summed E-state index contributed by atoms with van der Waals surface area (Å²) in [5.74, 6) is 1.12. The van der Waals surface area contributed by atoms with Crippen LogP contribution in [-0.2, 0) is 0 Å². The van der Waals surface area contributed by atoms with E-state index in [1.54, 1.807) is 19.1 Å². The monoisotopic (exact) mass is 283 g/mol. The summed E-state index contributed by atoms with van der Waals surface area (Å²) in [6, 6.07) is 4.97. The van der Waals surface area contributed by atoms with Crippen molar-refractivity contribution in [3.8, 4) is 11.4 Å². The molecule has 0 radical (unpaired) electrons. The molecule has 2 heterocycles. The molecule has 1 saturated heterocycles. The molecule has 3 rings (SSSR count). The van der Waals surface area contributed by atoms with Gasteiger partial charge in [-0.05, 0) is 31.5 Å². The minimum Gasteiger partial charge on any atom is -0.339 e. The predicted octanol–water partition coefficient (Wildman–Crippen LogP) is 2.68. The van der Waals surface area contributed by atoms with E-state index in [1.807, 2.05) is 0 Å². The zero-order valence-electron chi connectivity index (χ0n) is 10.5. The van der Waals surface area contributed by atoms with E-state index >= 15 is 0 Å². The molecule has 102 valence electrons. The van der Waals surface area contributed by atoms with Crippen LogP contribution in [0.15, 0.2) is 22.7 Å². The second-order valence-corrected chi connectivity index (χ2v) is 4.61. The van der Waals surface area contributed by atoms with E-state index in [0.29, 0.717) is 22.8 Å². The number of benzene rings is 1. The molecule has 2 aromatic rings. The van der Waals surface area contributed by atoms with Gasteiger partial charge in [0.25, 0.3) is 0 Å². The summed E-state index contributed by atoms with van der Waals surface area (Å²) in [6.45, 7) is 3.57. The fraction of sp³-hybridized carbons (Fsp3) is 0.385. The Morgan fingerprint density at radius 3 is 2.95 bits per heavy atom. The molecule has 0 amide bonds. The van der Waals surface area contributed by atoms with E-state index < -0.39 is 0 Å². The average Bonchev–Trinajstić information content (AvgIpc) is 3.01. The van der Waals surface area contributed by atoms with E-state index in [-0.39, 0.29) is 24.1 Å². The lowest BCUT2D eigenvalue weighted by atomic mass is 10.1. The minimum atomic E-state index is -0.249. The molecule has 6 heteroatoms. The minimum absolute atomic E-state index is 0. The molecule has 1 N–H and O–H groups in total. The Labute approximate surface area is 116 Å². The van der Waals surface area contributed by atoms with E-state index in [0.717, 1.165) is 19.5 Å². The van der Waals surface area contributed by atoms with Gasteiger partial charge in [0, 0.05) is 12.1 Å². The number of hydrogen-bond acceptors (Lipinski definition) is 4. The van der Waals surface area contributed by atoms with Crippen molar-refractivity contribution in [1.82, 2.24) is 15.5 Å². The summed E-state index contributed by atoms with van der Waals surface area (Å²) < 4.78 is 18.7. The highest BCUT2D eigenvalue weighted by Crippen LogP contribution is 2.24. The molecule has 0 spiro atoms. The molecule has 0 saturated carbocycles. The molecule has 0 unspecified atom stereocenters. The first-order valence-electron chi connectivity index (χ1n) is 6.05. The Morgan fingerprint density at radius 2 is 2.26 bits per heavy atom. The first-order valence-corrected chi connectivity index (χ1v) is 6.05. The Hall–Kier alpha value is -1.46. The van der Waals surface area contributed by atoms with Crippen LogP contribution in [0.3, 0.4) is 0 Å². The number of nitrogens with zero attached hydrogens (tertiary/aromatic N) is 2. The summed E-state index contributed by atoms with van der Waals surface area (Å²) in [5.41, 5.74) is 1.27. The zero-order valence-corrected chi connectivity index (χ0v) is 11.3. The molecule has 4 nitrogen and oxygen atoms in total. The number of aryl methyl sites for hydroxylation is 1. The van der Waals surface area contributed by atoms with E-state index in [4.69, 9.17) is 4.52 Å². The number of hydrogen-bond donors (Lipinski definition) is 1. The van der Waals surface area contributed by atoms with Crippen LogP contribution in [0.25, 0.3) is 11.4 Å². The molecule has 1 aliphatic heterocycles. The van der Waals surface area contributed by atoms with Crippen molar-refractivity contribution >= 4 is 12.4 Å². The second-order valence-electron chi connectivity index (χ2n) is 4.61. The standard InChI is InChI=1S/C13H14FN3O.ClH/c1-8-2-3-9(6-11(8)14)12-16-13(18-17-12)10-4-5-15-7-10;/h2-3,6,10,15H,4-5,7H2,1H3;1H/t10-;/m0./s1. The number of rotatable bonds is 2. The fourth-order valence-electron chi connectivity index (χ4n) is 2.12. The maximum atomic E-state index is 13.5. The lowest BCUT2D eigenvalue weighted by Gasteiger charge is -1.99. The second kappa shape index (κ2) is 5.67. The average molecular weight is 284 g/mol. The highest BCUT2D eigenvalue weighted by Gasteiger charge is 2.23. The lowest BCUT2D eigenvalue weighted by molar-refractivity contribution is 0.359. The van der Waals surface area contributed by atoms with Gasteiger partial charge in [0.05, 0.1) is 5.92 Å². The highest BCUT2D eigenvalue weighted by molar-refractivity contribution is 5.85. The molecule has 1 atom stereocenters. The van der Waals surface area contributed by atoms with Crippen LogP contribution in [0.5, 0.6) is 0 Å². The summed E-state index contributed by atoms with van der Waals surface area (Å²) in [6.07, 6.45) is 1.00.